The van der Waals surface area contributed by atoms with Crippen LogP contribution in [0.3, 0.4) is 0 Å². The van der Waals surface area contributed by atoms with Crippen molar-refractivity contribution in [2.75, 3.05) is 13.1 Å². The maximum absolute atomic E-state index is 12.7. The van der Waals surface area contributed by atoms with E-state index in [-0.39, 0.29) is 5.92 Å². The van der Waals surface area contributed by atoms with Crippen molar-refractivity contribution in [3.63, 3.8) is 0 Å². The highest BCUT2D eigenvalue weighted by molar-refractivity contribution is 9.10. The summed E-state index contributed by atoms with van der Waals surface area (Å²) in [6.45, 7) is 6.38. The number of rotatable bonds is 3. The van der Waals surface area contributed by atoms with Crippen LogP contribution >= 0.6 is 15.9 Å². The standard InChI is InChI=1S/C17H23BrN2O/c1-11(13-3-5-15(18)6-4-13)7-17(21)20-12(2)8-14-9-19-10-16(14)20/h3-6,11-12,14,16,19H,7-10H2,1-2H3. The number of hydrogen-bond donors (Lipinski definition) is 1. The summed E-state index contributed by atoms with van der Waals surface area (Å²) in [5.74, 6) is 1.24. The van der Waals surface area contributed by atoms with Crippen LogP contribution in [-0.2, 0) is 4.79 Å². The van der Waals surface area contributed by atoms with Gasteiger partial charge in [-0.1, -0.05) is 35.0 Å². The molecule has 2 aliphatic rings. The lowest BCUT2D eigenvalue weighted by Crippen LogP contribution is -2.43. The van der Waals surface area contributed by atoms with Crippen molar-refractivity contribution in [2.45, 2.75) is 44.7 Å². The van der Waals surface area contributed by atoms with E-state index in [1.807, 2.05) is 12.1 Å². The fourth-order valence-electron chi connectivity index (χ4n) is 3.87. The van der Waals surface area contributed by atoms with E-state index in [0.29, 0.717) is 30.3 Å². The predicted octanol–water partition coefficient (Wildman–Crippen LogP) is 3.15. The molecule has 4 heteroatoms. The first-order valence-corrected chi connectivity index (χ1v) is 8.63. The second kappa shape index (κ2) is 6.09. The Morgan fingerprint density at radius 3 is 2.81 bits per heavy atom. The minimum Gasteiger partial charge on any atom is -0.335 e. The van der Waals surface area contributed by atoms with E-state index in [2.05, 4.69) is 52.1 Å². The third-order valence-electron chi connectivity index (χ3n) is 4.99. The van der Waals surface area contributed by atoms with Gasteiger partial charge in [0.2, 0.25) is 5.91 Å². The van der Waals surface area contributed by atoms with E-state index >= 15 is 0 Å². The zero-order valence-electron chi connectivity index (χ0n) is 12.7. The molecular formula is C17H23BrN2O. The summed E-state index contributed by atoms with van der Waals surface area (Å²) in [5.41, 5.74) is 1.24. The first-order chi connectivity index (χ1) is 10.1. The molecule has 0 aliphatic carbocycles. The van der Waals surface area contributed by atoms with Crippen LogP contribution in [0.2, 0.25) is 0 Å². The molecule has 4 atom stereocenters. The number of nitrogens with one attached hydrogen (secondary N) is 1. The van der Waals surface area contributed by atoms with Crippen molar-refractivity contribution in [1.82, 2.24) is 10.2 Å². The van der Waals surface area contributed by atoms with Crippen molar-refractivity contribution < 1.29 is 4.79 Å². The van der Waals surface area contributed by atoms with E-state index in [1.54, 1.807) is 0 Å². The van der Waals surface area contributed by atoms with Gasteiger partial charge in [0.25, 0.3) is 0 Å². The molecule has 4 unspecified atom stereocenters. The Hall–Kier alpha value is -0.870. The number of benzene rings is 1. The molecule has 0 radical (unpaired) electrons. The van der Waals surface area contributed by atoms with Gasteiger partial charge >= 0.3 is 0 Å². The Labute approximate surface area is 135 Å². The van der Waals surface area contributed by atoms with Gasteiger partial charge in [-0.15, -0.1) is 0 Å². The van der Waals surface area contributed by atoms with E-state index in [1.165, 1.54) is 5.56 Å². The molecule has 1 aromatic rings. The second-order valence-corrected chi connectivity index (χ2v) is 7.44. The van der Waals surface area contributed by atoms with Crippen molar-refractivity contribution in [3.05, 3.63) is 34.3 Å². The Morgan fingerprint density at radius 1 is 1.38 bits per heavy atom. The molecule has 2 fully saturated rings. The number of fused-ring (bicyclic) bond motifs is 1. The first kappa shape index (κ1) is 15.0. The van der Waals surface area contributed by atoms with Crippen LogP contribution in [-0.4, -0.2) is 36.0 Å². The van der Waals surface area contributed by atoms with Gasteiger partial charge in [0, 0.05) is 36.1 Å². The van der Waals surface area contributed by atoms with Crippen LogP contribution < -0.4 is 5.32 Å². The summed E-state index contributed by atoms with van der Waals surface area (Å²) in [7, 11) is 0. The van der Waals surface area contributed by atoms with Gasteiger partial charge in [0.05, 0.1) is 0 Å². The molecular weight excluding hydrogens is 328 g/mol. The quantitative estimate of drug-likeness (QED) is 0.907. The molecule has 0 aromatic heterocycles. The largest absolute Gasteiger partial charge is 0.335 e. The zero-order valence-corrected chi connectivity index (χ0v) is 14.3. The SMILES string of the molecule is CC(CC(=O)N1C(C)CC2CNCC21)c1ccc(Br)cc1. The number of nitrogens with zero attached hydrogens (tertiary/aromatic N) is 1. The lowest BCUT2D eigenvalue weighted by molar-refractivity contribution is -0.134. The molecule has 114 valence electrons. The molecule has 2 saturated heterocycles. The highest BCUT2D eigenvalue weighted by Gasteiger charge is 2.43. The molecule has 1 N–H and O–H groups in total. The number of carbonyl (C=O) groups is 1. The van der Waals surface area contributed by atoms with Crippen LogP contribution in [0.4, 0.5) is 0 Å². The molecule has 3 nitrogen and oxygen atoms in total. The Bertz CT molecular complexity index is 516. The van der Waals surface area contributed by atoms with Gasteiger partial charge < -0.3 is 10.2 Å². The number of likely N-dealkylation sites (tertiary alicyclic amines) is 1. The summed E-state index contributed by atoms with van der Waals surface area (Å²) in [6.07, 6.45) is 1.76. The van der Waals surface area contributed by atoms with Gasteiger partial charge in [-0.05, 0) is 42.9 Å². The van der Waals surface area contributed by atoms with Gasteiger partial charge in [-0.3, -0.25) is 4.79 Å². The van der Waals surface area contributed by atoms with E-state index in [4.69, 9.17) is 0 Å². The molecule has 21 heavy (non-hydrogen) atoms. The highest BCUT2D eigenvalue weighted by Crippen LogP contribution is 2.34. The van der Waals surface area contributed by atoms with E-state index in [9.17, 15) is 4.79 Å². The summed E-state index contributed by atoms with van der Waals surface area (Å²) in [6, 6.07) is 9.12. The van der Waals surface area contributed by atoms with Crippen LogP contribution in [0.5, 0.6) is 0 Å². The first-order valence-electron chi connectivity index (χ1n) is 7.83. The van der Waals surface area contributed by atoms with Gasteiger partial charge in [0.15, 0.2) is 0 Å². The number of halogens is 1. The maximum Gasteiger partial charge on any atom is 0.223 e. The average molecular weight is 351 g/mol. The van der Waals surface area contributed by atoms with E-state index < -0.39 is 0 Å². The lowest BCUT2D eigenvalue weighted by Gasteiger charge is -2.29. The average Bonchev–Trinajstić information content (AvgIpc) is 2.98. The normalized spacial score (nSPS) is 29.5. The maximum atomic E-state index is 12.7. The van der Waals surface area contributed by atoms with Crippen LogP contribution in [0, 0.1) is 5.92 Å². The fourth-order valence-corrected chi connectivity index (χ4v) is 4.14. The van der Waals surface area contributed by atoms with Crippen molar-refractivity contribution in [1.29, 1.82) is 0 Å². The van der Waals surface area contributed by atoms with Gasteiger partial charge in [-0.2, -0.15) is 0 Å². The zero-order chi connectivity index (χ0) is 15.0. The summed E-state index contributed by atoms with van der Waals surface area (Å²) in [4.78, 5) is 14.9. The Balaban J connectivity index is 1.66. The Morgan fingerprint density at radius 2 is 2.10 bits per heavy atom. The molecule has 0 saturated carbocycles. The highest BCUT2D eigenvalue weighted by atomic mass is 79.9. The second-order valence-electron chi connectivity index (χ2n) is 6.53. The molecule has 3 rings (SSSR count). The topological polar surface area (TPSA) is 32.3 Å². The number of hydrogen-bond acceptors (Lipinski definition) is 2. The molecule has 2 aliphatic heterocycles. The monoisotopic (exact) mass is 350 g/mol. The van der Waals surface area contributed by atoms with Gasteiger partial charge in [0.1, 0.15) is 0 Å². The molecule has 2 heterocycles. The number of carbonyl (C=O) groups excluding carboxylic acids is 1. The lowest BCUT2D eigenvalue weighted by atomic mass is 9.97. The molecule has 1 aromatic carbocycles. The van der Waals surface area contributed by atoms with Crippen LogP contribution in [0.25, 0.3) is 0 Å². The molecule has 0 bridgehead atoms. The third-order valence-corrected chi connectivity index (χ3v) is 5.52. The van der Waals surface area contributed by atoms with Crippen molar-refractivity contribution in [2.24, 2.45) is 5.92 Å². The van der Waals surface area contributed by atoms with Gasteiger partial charge in [-0.25, -0.2) is 0 Å². The van der Waals surface area contributed by atoms with Crippen molar-refractivity contribution in [3.8, 4) is 0 Å². The summed E-state index contributed by atoms with van der Waals surface area (Å²) < 4.78 is 1.08. The van der Waals surface area contributed by atoms with Crippen LogP contribution in [0.15, 0.2) is 28.7 Å². The number of amides is 1. The van der Waals surface area contributed by atoms with Crippen LogP contribution in [0.1, 0.15) is 38.2 Å². The predicted molar refractivity (Wildman–Crippen MR) is 88.2 cm³/mol. The molecule has 1 amide bonds. The Kier molecular flexibility index (Phi) is 4.36. The summed E-state index contributed by atoms with van der Waals surface area (Å²) >= 11 is 3.46. The minimum absolute atomic E-state index is 0.270. The molecule has 0 spiro atoms. The minimum atomic E-state index is 0.270. The third kappa shape index (κ3) is 3.02. The smallest absolute Gasteiger partial charge is 0.223 e. The fraction of sp³-hybridized carbons (Fsp3) is 0.588. The van der Waals surface area contributed by atoms with Crippen molar-refractivity contribution >= 4 is 21.8 Å². The summed E-state index contributed by atoms with van der Waals surface area (Å²) in [5, 5.41) is 3.42. The van der Waals surface area contributed by atoms with E-state index in [0.717, 1.165) is 24.0 Å².